The van der Waals surface area contributed by atoms with E-state index in [9.17, 15) is 4.39 Å². The fraction of sp³-hybridized carbons (Fsp3) is 0.429. The van der Waals surface area contributed by atoms with Gasteiger partial charge in [0.15, 0.2) is 0 Å². The van der Waals surface area contributed by atoms with E-state index in [-0.39, 0.29) is 5.82 Å². The SMILES string of the molecule is CCn1ncnc1CN(CCCN)c1ccccc1F. The van der Waals surface area contributed by atoms with Crippen molar-refractivity contribution in [2.75, 3.05) is 18.0 Å². The Kier molecular flexibility index (Phi) is 5.06. The minimum Gasteiger partial charge on any atom is -0.362 e. The highest BCUT2D eigenvalue weighted by Crippen LogP contribution is 2.20. The number of para-hydroxylation sites is 1. The monoisotopic (exact) mass is 277 g/mol. The molecule has 2 N–H and O–H groups in total. The van der Waals surface area contributed by atoms with Gasteiger partial charge in [0.1, 0.15) is 18.0 Å². The molecule has 0 saturated carbocycles. The van der Waals surface area contributed by atoms with Gasteiger partial charge in [-0.2, -0.15) is 5.10 Å². The highest BCUT2D eigenvalue weighted by Gasteiger charge is 2.14. The average molecular weight is 277 g/mol. The van der Waals surface area contributed by atoms with Gasteiger partial charge >= 0.3 is 0 Å². The number of benzene rings is 1. The first-order valence-corrected chi connectivity index (χ1v) is 6.82. The number of aromatic nitrogens is 3. The summed E-state index contributed by atoms with van der Waals surface area (Å²) in [7, 11) is 0. The van der Waals surface area contributed by atoms with E-state index in [1.165, 1.54) is 12.4 Å². The van der Waals surface area contributed by atoms with Crippen molar-refractivity contribution in [3.63, 3.8) is 0 Å². The lowest BCUT2D eigenvalue weighted by Gasteiger charge is -2.24. The number of hydrogen-bond acceptors (Lipinski definition) is 4. The van der Waals surface area contributed by atoms with Gasteiger partial charge in [0.05, 0.1) is 12.2 Å². The Morgan fingerprint density at radius 1 is 1.35 bits per heavy atom. The third-order valence-electron chi connectivity index (χ3n) is 3.15. The van der Waals surface area contributed by atoms with Gasteiger partial charge in [0.2, 0.25) is 0 Å². The molecular formula is C14H20FN5. The number of nitrogens with two attached hydrogens (primary N) is 1. The molecule has 0 saturated heterocycles. The molecule has 0 bridgehead atoms. The zero-order chi connectivity index (χ0) is 14.4. The smallest absolute Gasteiger partial charge is 0.146 e. The second-order valence-corrected chi connectivity index (χ2v) is 4.51. The molecule has 0 unspecified atom stereocenters. The van der Waals surface area contributed by atoms with Crippen LogP contribution >= 0.6 is 0 Å². The molecule has 0 radical (unpaired) electrons. The summed E-state index contributed by atoms with van der Waals surface area (Å²) in [4.78, 5) is 6.20. The van der Waals surface area contributed by atoms with E-state index in [0.717, 1.165) is 18.8 Å². The van der Waals surface area contributed by atoms with Gasteiger partial charge in [0, 0.05) is 13.1 Å². The molecule has 108 valence electrons. The first kappa shape index (κ1) is 14.5. The van der Waals surface area contributed by atoms with Crippen LogP contribution in [-0.4, -0.2) is 27.9 Å². The summed E-state index contributed by atoms with van der Waals surface area (Å²) in [6, 6.07) is 6.76. The Labute approximate surface area is 118 Å². The van der Waals surface area contributed by atoms with Gasteiger partial charge in [-0.25, -0.2) is 14.1 Å². The number of rotatable bonds is 7. The summed E-state index contributed by atoms with van der Waals surface area (Å²) >= 11 is 0. The zero-order valence-electron chi connectivity index (χ0n) is 11.7. The van der Waals surface area contributed by atoms with Crippen LogP contribution in [0.3, 0.4) is 0 Å². The number of anilines is 1. The molecule has 20 heavy (non-hydrogen) atoms. The van der Waals surface area contributed by atoms with Crippen molar-refractivity contribution in [1.82, 2.24) is 14.8 Å². The lowest BCUT2D eigenvalue weighted by atomic mass is 10.2. The molecule has 0 amide bonds. The molecule has 0 aliphatic heterocycles. The Morgan fingerprint density at radius 3 is 2.85 bits per heavy atom. The summed E-state index contributed by atoms with van der Waals surface area (Å²) < 4.78 is 15.8. The maximum Gasteiger partial charge on any atom is 0.146 e. The lowest BCUT2D eigenvalue weighted by Crippen LogP contribution is -2.28. The van der Waals surface area contributed by atoms with Crippen LogP contribution in [0.1, 0.15) is 19.2 Å². The summed E-state index contributed by atoms with van der Waals surface area (Å²) in [5.41, 5.74) is 6.14. The lowest BCUT2D eigenvalue weighted by molar-refractivity contribution is 0.582. The number of aryl methyl sites for hydroxylation is 1. The molecular weight excluding hydrogens is 257 g/mol. The van der Waals surface area contributed by atoms with Gasteiger partial charge in [-0.1, -0.05) is 12.1 Å². The van der Waals surface area contributed by atoms with Crippen molar-refractivity contribution < 1.29 is 4.39 Å². The third kappa shape index (κ3) is 3.33. The van der Waals surface area contributed by atoms with Gasteiger partial charge in [-0.15, -0.1) is 0 Å². The van der Waals surface area contributed by atoms with E-state index in [2.05, 4.69) is 10.1 Å². The molecule has 0 aliphatic rings. The predicted molar refractivity (Wildman–Crippen MR) is 76.8 cm³/mol. The van der Waals surface area contributed by atoms with Crippen molar-refractivity contribution in [3.8, 4) is 0 Å². The van der Waals surface area contributed by atoms with Crippen LogP contribution in [0.25, 0.3) is 0 Å². The molecule has 6 heteroatoms. The summed E-state index contributed by atoms with van der Waals surface area (Å²) in [6.07, 6.45) is 2.33. The van der Waals surface area contributed by atoms with E-state index in [1.54, 1.807) is 12.1 Å². The first-order chi connectivity index (χ1) is 9.76. The fourth-order valence-corrected chi connectivity index (χ4v) is 2.12. The molecule has 1 aromatic carbocycles. The maximum atomic E-state index is 14.0. The van der Waals surface area contributed by atoms with Crippen LogP contribution in [0.5, 0.6) is 0 Å². The van der Waals surface area contributed by atoms with E-state index < -0.39 is 0 Å². The molecule has 0 atom stereocenters. The van der Waals surface area contributed by atoms with Crippen LogP contribution in [0.2, 0.25) is 0 Å². The molecule has 0 fully saturated rings. The van der Waals surface area contributed by atoms with Crippen LogP contribution in [0.4, 0.5) is 10.1 Å². The molecule has 2 rings (SSSR count). The standard InChI is InChI=1S/C14H20FN5/c1-2-20-14(17-11-18-20)10-19(9-5-8-16)13-7-4-3-6-12(13)15/h3-4,6-7,11H,2,5,8-10,16H2,1H3. The highest BCUT2D eigenvalue weighted by molar-refractivity contribution is 5.47. The fourth-order valence-electron chi connectivity index (χ4n) is 2.12. The van der Waals surface area contributed by atoms with Crippen LogP contribution < -0.4 is 10.6 Å². The summed E-state index contributed by atoms with van der Waals surface area (Å²) in [6.45, 7) is 4.54. The summed E-state index contributed by atoms with van der Waals surface area (Å²) in [5, 5.41) is 4.14. The van der Waals surface area contributed by atoms with Crippen molar-refractivity contribution in [2.45, 2.75) is 26.4 Å². The van der Waals surface area contributed by atoms with Crippen molar-refractivity contribution in [3.05, 3.63) is 42.2 Å². The Morgan fingerprint density at radius 2 is 2.15 bits per heavy atom. The van der Waals surface area contributed by atoms with Crippen LogP contribution in [-0.2, 0) is 13.1 Å². The number of hydrogen-bond donors (Lipinski definition) is 1. The van der Waals surface area contributed by atoms with E-state index >= 15 is 0 Å². The Balaban J connectivity index is 2.22. The normalized spacial score (nSPS) is 10.8. The Bertz CT molecular complexity index is 540. The van der Waals surface area contributed by atoms with Crippen molar-refractivity contribution in [2.24, 2.45) is 5.73 Å². The minimum absolute atomic E-state index is 0.230. The topological polar surface area (TPSA) is 60.0 Å². The molecule has 5 nitrogen and oxygen atoms in total. The van der Waals surface area contributed by atoms with Crippen molar-refractivity contribution in [1.29, 1.82) is 0 Å². The van der Waals surface area contributed by atoms with Crippen LogP contribution in [0, 0.1) is 5.82 Å². The minimum atomic E-state index is -0.230. The van der Waals surface area contributed by atoms with E-state index in [1.807, 2.05) is 22.6 Å². The quantitative estimate of drug-likeness (QED) is 0.838. The summed E-state index contributed by atoms with van der Waals surface area (Å²) in [5.74, 6) is 0.597. The second kappa shape index (κ2) is 7.00. The highest BCUT2D eigenvalue weighted by atomic mass is 19.1. The van der Waals surface area contributed by atoms with Gasteiger partial charge in [-0.05, 0) is 32.0 Å². The van der Waals surface area contributed by atoms with E-state index in [0.29, 0.717) is 25.3 Å². The zero-order valence-corrected chi connectivity index (χ0v) is 11.7. The molecule has 0 spiro atoms. The van der Waals surface area contributed by atoms with Crippen LogP contribution in [0.15, 0.2) is 30.6 Å². The molecule has 1 heterocycles. The van der Waals surface area contributed by atoms with E-state index in [4.69, 9.17) is 5.73 Å². The van der Waals surface area contributed by atoms with Gasteiger partial charge < -0.3 is 10.6 Å². The van der Waals surface area contributed by atoms with Crippen molar-refractivity contribution >= 4 is 5.69 Å². The number of nitrogens with zero attached hydrogens (tertiary/aromatic N) is 4. The Hall–Kier alpha value is -1.95. The maximum absolute atomic E-state index is 14.0. The molecule has 1 aromatic heterocycles. The molecule has 2 aromatic rings. The number of halogens is 1. The van der Waals surface area contributed by atoms with Gasteiger partial charge in [-0.3, -0.25) is 0 Å². The molecule has 0 aliphatic carbocycles. The average Bonchev–Trinajstić information content (AvgIpc) is 2.91. The first-order valence-electron chi connectivity index (χ1n) is 6.82. The third-order valence-corrected chi connectivity index (χ3v) is 3.15. The largest absolute Gasteiger partial charge is 0.362 e. The van der Waals surface area contributed by atoms with Gasteiger partial charge in [0.25, 0.3) is 0 Å². The predicted octanol–water partition coefficient (Wildman–Crippen LogP) is 1.79. The second-order valence-electron chi connectivity index (χ2n) is 4.51.